The lowest BCUT2D eigenvalue weighted by Crippen LogP contribution is -2.02. The Hall–Kier alpha value is -1.78. The van der Waals surface area contributed by atoms with Crippen molar-refractivity contribution in [2.75, 3.05) is 0 Å². The van der Waals surface area contributed by atoms with Gasteiger partial charge in [0.2, 0.25) is 0 Å². The van der Waals surface area contributed by atoms with Crippen molar-refractivity contribution in [2.45, 2.75) is 6.10 Å². The van der Waals surface area contributed by atoms with E-state index in [-0.39, 0.29) is 5.82 Å². The van der Waals surface area contributed by atoms with E-state index < -0.39 is 6.10 Å². The van der Waals surface area contributed by atoms with Crippen molar-refractivity contribution in [1.82, 2.24) is 4.98 Å². The van der Waals surface area contributed by atoms with Gasteiger partial charge in [-0.05, 0) is 35.2 Å². The molecule has 20 heavy (non-hydrogen) atoms. The maximum Gasteiger partial charge on any atom is 0.123 e. The van der Waals surface area contributed by atoms with E-state index in [1.165, 1.54) is 12.1 Å². The number of benzene rings is 2. The van der Waals surface area contributed by atoms with E-state index in [0.717, 1.165) is 10.8 Å². The molecule has 1 heterocycles. The fourth-order valence-corrected chi connectivity index (χ4v) is 2.73. The summed E-state index contributed by atoms with van der Waals surface area (Å²) in [6.45, 7) is 0. The Kier molecular flexibility index (Phi) is 3.51. The van der Waals surface area contributed by atoms with Crippen molar-refractivity contribution < 1.29 is 9.50 Å². The summed E-state index contributed by atoms with van der Waals surface area (Å²) in [7, 11) is 0. The normalized spacial score (nSPS) is 12.6. The zero-order chi connectivity index (χ0) is 14.1. The van der Waals surface area contributed by atoms with Crippen LogP contribution in [0.2, 0.25) is 0 Å². The van der Waals surface area contributed by atoms with Crippen molar-refractivity contribution >= 4 is 26.7 Å². The van der Waals surface area contributed by atoms with Crippen LogP contribution in [0.3, 0.4) is 0 Å². The molecule has 0 bridgehead atoms. The summed E-state index contributed by atoms with van der Waals surface area (Å²) >= 11 is 3.35. The molecular weight excluding hydrogens is 321 g/mol. The highest BCUT2D eigenvalue weighted by Gasteiger charge is 2.17. The number of aliphatic hydroxyl groups is 1. The molecule has 1 aromatic heterocycles. The second-order valence-electron chi connectivity index (χ2n) is 4.51. The Labute approximate surface area is 124 Å². The summed E-state index contributed by atoms with van der Waals surface area (Å²) in [6, 6.07) is 11.8. The van der Waals surface area contributed by atoms with E-state index in [1.54, 1.807) is 18.5 Å². The Bertz CT molecular complexity index is 770. The van der Waals surface area contributed by atoms with Gasteiger partial charge in [-0.3, -0.25) is 4.98 Å². The molecule has 2 aromatic carbocycles. The molecule has 2 nitrogen and oxygen atoms in total. The molecule has 1 unspecified atom stereocenters. The van der Waals surface area contributed by atoms with Gasteiger partial charge in [0.05, 0.1) is 0 Å². The summed E-state index contributed by atoms with van der Waals surface area (Å²) in [6.07, 6.45) is 2.51. The molecular formula is C16H11BrFNO. The molecule has 3 rings (SSSR count). The van der Waals surface area contributed by atoms with E-state index >= 15 is 0 Å². The maximum absolute atomic E-state index is 13.4. The minimum absolute atomic E-state index is 0.374. The average molecular weight is 332 g/mol. The minimum Gasteiger partial charge on any atom is -0.384 e. The fourth-order valence-electron chi connectivity index (χ4n) is 2.27. The smallest absolute Gasteiger partial charge is 0.123 e. The van der Waals surface area contributed by atoms with E-state index in [0.29, 0.717) is 15.6 Å². The van der Waals surface area contributed by atoms with Crippen molar-refractivity contribution in [3.05, 3.63) is 76.3 Å². The van der Waals surface area contributed by atoms with Crippen LogP contribution in [0.25, 0.3) is 10.8 Å². The molecule has 3 aromatic rings. The van der Waals surface area contributed by atoms with Gasteiger partial charge < -0.3 is 5.11 Å². The number of halogens is 2. The first-order chi connectivity index (χ1) is 9.66. The van der Waals surface area contributed by atoms with Gasteiger partial charge >= 0.3 is 0 Å². The van der Waals surface area contributed by atoms with Crippen molar-refractivity contribution in [2.24, 2.45) is 0 Å². The number of hydrogen-bond donors (Lipinski definition) is 1. The topological polar surface area (TPSA) is 33.1 Å². The summed E-state index contributed by atoms with van der Waals surface area (Å²) in [5, 5.41) is 12.4. The van der Waals surface area contributed by atoms with Crippen molar-refractivity contribution in [3.8, 4) is 0 Å². The third-order valence-corrected chi connectivity index (χ3v) is 3.99. The van der Waals surface area contributed by atoms with Crippen LogP contribution >= 0.6 is 15.9 Å². The summed E-state index contributed by atoms with van der Waals surface area (Å²) < 4.78 is 14.1. The zero-order valence-corrected chi connectivity index (χ0v) is 12.0. The second kappa shape index (κ2) is 5.31. The lowest BCUT2D eigenvalue weighted by atomic mass is 9.97. The van der Waals surface area contributed by atoms with Gasteiger partial charge in [-0.25, -0.2) is 4.39 Å². The summed E-state index contributed by atoms with van der Waals surface area (Å²) in [5.74, 6) is -0.374. The lowest BCUT2D eigenvalue weighted by Gasteiger charge is -2.15. The van der Waals surface area contributed by atoms with Gasteiger partial charge in [0.1, 0.15) is 11.9 Å². The van der Waals surface area contributed by atoms with Crippen LogP contribution in [-0.2, 0) is 0 Å². The first kappa shape index (κ1) is 13.2. The zero-order valence-electron chi connectivity index (χ0n) is 10.4. The quantitative estimate of drug-likeness (QED) is 0.762. The SMILES string of the molecule is OC(c1cc(F)ccc1Br)c1cccc2ccncc12. The largest absolute Gasteiger partial charge is 0.384 e. The molecule has 0 aliphatic heterocycles. The Morgan fingerprint density at radius 3 is 2.80 bits per heavy atom. The molecule has 0 fully saturated rings. The molecule has 0 spiro atoms. The van der Waals surface area contributed by atoms with Crippen LogP contribution in [0.1, 0.15) is 17.2 Å². The number of rotatable bonds is 2. The van der Waals surface area contributed by atoms with Crippen LogP contribution < -0.4 is 0 Å². The number of nitrogens with zero attached hydrogens (tertiary/aromatic N) is 1. The number of pyridine rings is 1. The monoisotopic (exact) mass is 331 g/mol. The molecule has 1 atom stereocenters. The number of fused-ring (bicyclic) bond motifs is 1. The van der Waals surface area contributed by atoms with Gasteiger partial charge in [0.25, 0.3) is 0 Å². The van der Waals surface area contributed by atoms with E-state index in [1.807, 2.05) is 24.3 Å². The van der Waals surface area contributed by atoms with Gasteiger partial charge in [-0.2, -0.15) is 0 Å². The van der Waals surface area contributed by atoms with Gasteiger partial charge in [-0.1, -0.05) is 34.1 Å². The fraction of sp³-hybridized carbons (Fsp3) is 0.0625. The minimum atomic E-state index is -0.909. The molecule has 0 aliphatic carbocycles. The number of aromatic nitrogens is 1. The summed E-state index contributed by atoms with van der Waals surface area (Å²) in [5.41, 5.74) is 1.21. The highest BCUT2D eigenvalue weighted by atomic mass is 79.9. The van der Waals surface area contributed by atoms with Crippen LogP contribution in [0.4, 0.5) is 4.39 Å². The van der Waals surface area contributed by atoms with Crippen LogP contribution in [0, 0.1) is 5.82 Å². The predicted molar refractivity (Wildman–Crippen MR) is 79.9 cm³/mol. The van der Waals surface area contributed by atoms with Crippen LogP contribution in [0.5, 0.6) is 0 Å². The van der Waals surface area contributed by atoms with Gasteiger partial charge in [0, 0.05) is 27.8 Å². The number of aliphatic hydroxyl groups excluding tert-OH is 1. The van der Waals surface area contributed by atoms with E-state index in [4.69, 9.17) is 0 Å². The molecule has 0 saturated carbocycles. The standard InChI is InChI=1S/C16H11BrFNO/c17-15-5-4-11(18)8-13(15)16(20)12-3-1-2-10-6-7-19-9-14(10)12/h1-9,16,20H. The molecule has 100 valence electrons. The third kappa shape index (κ3) is 2.32. The second-order valence-corrected chi connectivity index (χ2v) is 5.37. The summed E-state index contributed by atoms with van der Waals surface area (Å²) in [4.78, 5) is 4.09. The van der Waals surface area contributed by atoms with Crippen LogP contribution in [-0.4, -0.2) is 10.1 Å². The first-order valence-electron chi connectivity index (χ1n) is 6.12. The molecule has 0 aliphatic rings. The molecule has 4 heteroatoms. The lowest BCUT2D eigenvalue weighted by molar-refractivity contribution is 0.220. The molecule has 0 amide bonds. The molecule has 0 saturated heterocycles. The predicted octanol–water partition coefficient (Wildman–Crippen LogP) is 4.22. The molecule has 1 N–H and O–H groups in total. The Morgan fingerprint density at radius 1 is 1.10 bits per heavy atom. The Morgan fingerprint density at radius 2 is 1.95 bits per heavy atom. The van der Waals surface area contributed by atoms with Crippen molar-refractivity contribution in [1.29, 1.82) is 0 Å². The van der Waals surface area contributed by atoms with Gasteiger partial charge in [-0.15, -0.1) is 0 Å². The highest BCUT2D eigenvalue weighted by Crippen LogP contribution is 2.32. The Balaban J connectivity index is 2.17. The van der Waals surface area contributed by atoms with E-state index in [2.05, 4.69) is 20.9 Å². The first-order valence-corrected chi connectivity index (χ1v) is 6.92. The van der Waals surface area contributed by atoms with Crippen molar-refractivity contribution in [3.63, 3.8) is 0 Å². The maximum atomic E-state index is 13.4. The highest BCUT2D eigenvalue weighted by molar-refractivity contribution is 9.10. The van der Waals surface area contributed by atoms with Crippen LogP contribution in [0.15, 0.2) is 59.3 Å². The number of hydrogen-bond acceptors (Lipinski definition) is 2. The third-order valence-electron chi connectivity index (χ3n) is 3.26. The van der Waals surface area contributed by atoms with E-state index in [9.17, 15) is 9.50 Å². The average Bonchev–Trinajstić information content (AvgIpc) is 2.48. The molecule has 0 radical (unpaired) electrons. The van der Waals surface area contributed by atoms with Gasteiger partial charge in [0.15, 0.2) is 0 Å².